The molecular formula is C10H8O6-2. The molecule has 0 unspecified atom stereocenters. The highest BCUT2D eigenvalue weighted by Gasteiger charge is 2.06. The summed E-state index contributed by atoms with van der Waals surface area (Å²) in [6.45, 7) is -0.743. The first-order chi connectivity index (χ1) is 7.54. The lowest BCUT2D eigenvalue weighted by Gasteiger charge is -2.13. The predicted octanol–water partition coefficient (Wildman–Crippen LogP) is -1.81. The predicted molar refractivity (Wildman–Crippen MR) is 47.8 cm³/mol. The van der Waals surface area contributed by atoms with Crippen LogP contribution in [0.3, 0.4) is 0 Å². The van der Waals surface area contributed by atoms with Crippen LogP contribution in [0.15, 0.2) is 18.2 Å². The third-order valence-corrected chi connectivity index (χ3v) is 1.75. The molecule has 0 fully saturated rings. The smallest absolute Gasteiger partial charge is 0.132 e. The van der Waals surface area contributed by atoms with E-state index in [2.05, 4.69) is 0 Å². The van der Waals surface area contributed by atoms with Crippen molar-refractivity contribution in [3.8, 4) is 11.5 Å². The summed E-state index contributed by atoms with van der Waals surface area (Å²) in [5.41, 5.74) is -0.248. The molecule has 0 spiro atoms. The van der Waals surface area contributed by atoms with Gasteiger partial charge >= 0.3 is 0 Å². The Morgan fingerprint density at radius 3 is 2.50 bits per heavy atom. The fourth-order valence-corrected chi connectivity index (χ4v) is 1.05. The Hall–Kier alpha value is -2.24. The molecule has 0 radical (unpaired) electrons. The lowest BCUT2D eigenvalue weighted by molar-refractivity contribution is -0.307. The van der Waals surface area contributed by atoms with Gasteiger partial charge in [0.25, 0.3) is 0 Å². The maximum absolute atomic E-state index is 10.7. The first-order valence-corrected chi connectivity index (χ1v) is 4.26. The lowest BCUT2D eigenvalue weighted by Crippen LogP contribution is -2.30. The minimum absolute atomic E-state index is 0.136. The normalized spacial score (nSPS) is 9.56. The maximum Gasteiger partial charge on any atom is 0.132 e. The minimum atomic E-state index is -1.46. The van der Waals surface area contributed by atoms with Gasteiger partial charge in [0.1, 0.15) is 18.1 Å². The number of hydrogen-bond acceptors (Lipinski definition) is 6. The van der Waals surface area contributed by atoms with Gasteiger partial charge in [-0.15, -0.1) is 0 Å². The van der Waals surface area contributed by atoms with Crippen LogP contribution in [0.5, 0.6) is 11.5 Å². The van der Waals surface area contributed by atoms with Gasteiger partial charge in [-0.25, -0.2) is 0 Å². The number of aromatic carboxylic acids is 1. The molecule has 16 heavy (non-hydrogen) atoms. The number of hydrogen-bond donors (Lipinski definition) is 0. The van der Waals surface area contributed by atoms with Crippen molar-refractivity contribution in [1.82, 2.24) is 0 Å². The van der Waals surface area contributed by atoms with E-state index in [9.17, 15) is 19.8 Å². The summed E-state index contributed by atoms with van der Waals surface area (Å²) in [5, 5.41) is 20.8. The number of benzene rings is 1. The summed E-state index contributed by atoms with van der Waals surface area (Å²) in [5.74, 6) is -2.70. The zero-order valence-corrected chi connectivity index (χ0v) is 8.39. The van der Waals surface area contributed by atoms with Gasteiger partial charge in [0, 0.05) is 11.6 Å². The number of carboxylic acid groups (broad SMARTS) is 2. The highest BCUT2D eigenvalue weighted by Crippen LogP contribution is 2.24. The Balaban J connectivity index is 3.00. The SMILES string of the molecule is COc1ccc(C(=O)[O-])c(OCC(=O)[O-])c1. The maximum atomic E-state index is 10.7. The summed E-state index contributed by atoms with van der Waals surface area (Å²) in [6, 6.07) is 3.86. The summed E-state index contributed by atoms with van der Waals surface area (Å²) in [6.07, 6.45) is 0. The topological polar surface area (TPSA) is 98.7 Å². The van der Waals surface area contributed by atoms with E-state index in [1.54, 1.807) is 0 Å². The molecule has 0 saturated carbocycles. The van der Waals surface area contributed by atoms with Gasteiger partial charge in [0.05, 0.1) is 19.0 Å². The van der Waals surface area contributed by atoms with Crippen molar-refractivity contribution in [1.29, 1.82) is 0 Å². The van der Waals surface area contributed by atoms with E-state index >= 15 is 0 Å². The van der Waals surface area contributed by atoms with Crippen LogP contribution in [0, 0.1) is 0 Å². The molecule has 0 aromatic heterocycles. The zero-order valence-electron chi connectivity index (χ0n) is 8.39. The van der Waals surface area contributed by atoms with Crippen LogP contribution in [-0.2, 0) is 4.79 Å². The van der Waals surface area contributed by atoms with Crippen LogP contribution < -0.4 is 19.7 Å². The number of rotatable bonds is 5. The molecule has 1 aromatic rings. The van der Waals surface area contributed by atoms with Crippen LogP contribution in [0.1, 0.15) is 10.4 Å². The number of carboxylic acids is 2. The lowest BCUT2D eigenvalue weighted by atomic mass is 10.2. The Bertz CT molecular complexity index is 412. The average molecular weight is 224 g/mol. The van der Waals surface area contributed by atoms with Gasteiger partial charge in [0.15, 0.2) is 0 Å². The quantitative estimate of drug-likeness (QED) is 0.584. The largest absolute Gasteiger partial charge is 0.546 e. The second kappa shape index (κ2) is 5.01. The van der Waals surface area contributed by atoms with Crippen molar-refractivity contribution in [2.75, 3.05) is 13.7 Å². The van der Waals surface area contributed by atoms with Crippen LogP contribution in [0.4, 0.5) is 0 Å². The summed E-state index contributed by atoms with van der Waals surface area (Å²) in [7, 11) is 1.39. The number of methoxy groups -OCH3 is 1. The van der Waals surface area contributed by atoms with Gasteiger partial charge in [-0.05, 0) is 12.1 Å². The van der Waals surface area contributed by atoms with E-state index < -0.39 is 18.5 Å². The second-order valence-electron chi connectivity index (χ2n) is 2.81. The van der Waals surface area contributed by atoms with Gasteiger partial charge in [0.2, 0.25) is 0 Å². The number of aliphatic carboxylic acids is 1. The number of ether oxygens (including phenoxy) is 2. The summed E-state index contributed by atoms with van der Waals surface area (Å²) < 4.78 is 9.58. The molecule has 1 rings (SSSR count). The first kappa shape index (κ1) is 11.8. The molecule has 0 aliphatic carbocycles. The van der Waals surface area contributed by atoms with Crippen molar-refractivity contribution in [3.63, 3.8) is 0 Å². The van der Waals surface area contributed by atoms with Crippen LogP contribution in [-0.4, -0.2) is 25.7 Å². The molecule has 0 amide bonds. The Morgan fingerprint density at radius 1 is 1.31 bits per heavy atom. The molecule has 86 valence electrons. The second-order valence-corrected chi connectivity index (χ2v) is 2.81. The van der Waals surface area contributed by atoms with Crippen molar-refractivity contribution in [3.05, 3.63) is 23.8 Å². The molecule has 0 heterocycles. The van der Waals surface area contributed by atoms with E-state index in [0.717, 1.165) is 0 Å². The van der Waals surface area contributed by atoms with Crippen molar-refractivity contribution < 1.29 is 29.3 Å². The van der Waals surface area contributed by atoms with Crippen LogP contribution in [0.2, 0.25) is 0 Å². The van der Waals surface area contributed by atoms with E-state index in [-0.39, 0.29) is 11.3 Å². The monoisotopic (exact) mass is 224 g/mol. The van der Waals surface area contributed by atoms with E-state index in [1.165, 1.54) is 25.3 Å². The van der Waals surface area contributed by atoms with Crippen molar-refractivity contribution in [2.45, 2.75) is 0 Å². The Labute approximate surface area is 91.0 Å². The summed E-state index contributed by atoms with van der Waals surface area (Å²) in [4.78, 5) is 20.8. The molecule has 0 atom stereocenters. The first-order valence-electron chi connectivity index (χ1n) is 4.26. The standard InChI is InChI=1S/C10H10O6/c1-15-6-2-3-7(10(13)14)8(4-6)16-5-9(11)12/h2-4H,5H2,1H3,(H,11,12)(H,13,14)/p-2. The van der Waals surface area contributed by atoms with E-state index in [0.29, 0.717) is 5.75 Å². The fraction of sp³-hybridized carbons (Fsp3) is 0.200. The van der Waals surface area contributed by atoms with Crippen LogP contribution in [0.25, 0.3) is 0 Å². The van der Waals surface area contributed by atoms with Crippen molar-refractivity contribution in [2.24, 2.45) is 0 Å². The molecular weight excluding hydrogens is 216 g/mol. The molecule has 6 nitrogen and oxygen atoms in total. The third kappa shape index (κ3) is 2.88. The Kier molecular flexibility index (Phi) is 3.71. The molecule has 1 aromatic carbocycles. The van der Waals surface area contributed by atoms with Crippen molar-refractivity contribution >= 4 is 11.9 Å². The van der Waals surface area contributed by atoms with E-state index in [4.69, 9.17) is 9.47 Å². The number of carbonyl (C=O) groups is 2. The molecule has 0 saturated heterocycles. The van der Waals surface area contributed by atoms with E-state index in [1.807, 2.05) is 0 Å². The zero-order chi connectivity index (χ0) is 12.1. The molecule has 6 heteroatoms. The molecule has 0 bridgehead atoms. The van der Waals surface area contributed by atoms with Gasteiger partial charge < -0.3 is 29.3 Å². The third-order valence-electron chi connectivity index (χ3n) is 1.75. The fourth-order valence-electron chi connectivity index (χ4n) is 1.05. The molecule has 0 aliphatic heterocycles. The Morgan fingerprint density at radius 2 is 2.00 bits per heavy atom. The van der Waals surface area contributed by atoms with Gasteiger partial charge in [-0.3, -0.25) is 0 Å². The molecule has 0 N–H and O–H groups in total. The highest BCUT2D eigenvalue weighted by molar-refractivity contribution is 5.89. The van der Waals surface area contributed by atoms with Gasteiger partial charge in [-0.1, -0.05) is 0 Å². The highest BCUT2D eigenvalue weighted by atomic mass is 16.5. The average Bonchev–Trinajstić information content (AvgIpc) is 2.25. The minimum Gasteiger partial charge on any atom is -0.546 e. The summed E-state index contributed by atoms with van der Waals surface area (Å²) >= 11 is 0. The van der Waals surface area contributed by atoms with Gasteiger partial charge in [-0.2, -0.15) is 0 Å². The molecule has 0 aliphatic rings. The van der Waals surface area contributed by atoms with Crippen LogP contribution >= 0.6 is 0 Å². The number of carbonyl (C=O) groups excluding carboxylic acids is 2.